The van der Waals surface area contributed by atoms with Crippen LogP contribution < -0.4 is 15.4 Å². The summed E-state index contributed by atoms with van der Waals surface area (Å²) in [5, 5.41) is 16.6. The molecule has 20 heavy (non-hydrogen) atoms. The zero-order valence-electron chi connectivity index (χ0n) is 11.2. The van der Waals surface area contributed by atoms with E-state index in [1.807, 2.05) is 0 Å². The van der Waals surface area contributed by atoms with Gasteiger partial charge in [-0.05, 0) is 24.6 Å². The highest BCUT2D eigenvalue weighted by atomic mass is 16.6. The van der Waals surface area contributed by atoms with Crippen molar-refractivity contribution in [3.8, 4) is 5.75 Å². The van der Waals surface area contributed by atoms with Crippen molar-refractivity contribution in [1.29, 1.82) is 0 Å². The van der Waals surface area contributed by atoms with Crippen LogP contribution in [0.15, 0.2) is 29.3 Å². The number of rotatable bonds is 4. The first-order valence-electron chi connectivity index (χ1n) is 6.06. The van der Waals surface area contributed by atoms with Crippen molar-refractivity contribution in [2.75, 3.05) is 25.5 Å². The summed E-state index contributed by atoms with van der Waals surface area (Å²) in [5.74, 6) is 0.0442. The molecule has 1 aromatic rings. The minimum Gasteiger partial charge on any atom is -0.496 e. The molecule has 1 amide bonds. The Morgan fingerprint density at radius 2 is 2.15 bits per heavy atom. The monoisotopic (exact) mass is 277 g/mol. The number of nitrogens with zero attached hydrogens (tertiary/aromatic N) is 1. The SMILES string of the molecule is COc1ccc(NC(=O)C(C)=C2CNC2)c([N+](=O)[O-])c1. The summed E-state index contributed by atoms with van der Waals surface area (Å²) in [7, 11) is 1.43. The van der Waals surface area contributed by atoms with Gasteiger partial charge in [-0.25, -0.2) is 0 Å². The quantitative estimate of drug-likeness (QED) is 0.493. The van der Waals surface area contributed by atoms with Gasteiger partial charge in [0.15, 0.2) is 0 Å². The van der Waals surface area contributed by atoms with Crippen LogP contribution in [0.3, 0.4) is 0 Å². The molecule has 1 aromatic carbocycles. The number of benzene rings is 1. The maximum atomic E-state index is 12.0. The van der Waals surface area contributed by atoms with Crippen LogP contribution in [0.4, 0.5) is 11.4 Å². The Balaban J connectivity index is 2.24. The summed E-state index contributed by atoms with van der Waals surface area (Å²) in [5.41, 5.74) is 1.57. The van der Waals surface area contributed by atoms with E-state index in [1.54, 1.807) is 13.0 Å². The number of amides is 1. The number of carbonyl (C=O) groups is 1. The molecule has 0 saturated carbocycles. The predicted octanol–water partition coefficient (Wildman–Crippen LogP) is 1.46. The van der Waals surface area contributed by atoms with Crippen molar-refractivity contribution in [3.63, 3.8) is 0 Å². The van der Waals surface area contributed by atoms with Gasteiger partial charge in [-0.3, -0.25) is 14.9 Å². The van der Waals surface area contributed by atoms with Crippen LogP contribution in [0, 0.1) is 10.1 Å². The number of nitrogens with one attached hydrogen (secondary N) is 2. The summed E-state index contributed by atoms with van der Waals surface area (Å²) >= 11 is 0. The van der Waals surface area contributed by atoms with E-state index in [0.717, 1.165) is 5.57 Å². The van der Waals surface area contributed by atoms with E-state index in [1.165, 1.54) is 19.2 Å². The Morgan fingerprint density at radius 1 is 1.45 bits per heavy atom. The van der Waals surface area contributed by atoms with Gasteiger partial charge in [0.1, 0.15) is 11.4 Å². The number of carbonyl (C=O) groups excluding carboxylic acids is 1. The molecule has 0 unspecified atom stereocenters. The van der Waals surface area contributed by atoms with E-state index in [2.05, 4.69) is 10.6 Å². The molecule has 1 saturated heterocycles. The maximum Gasteiger partial charge on any atom is 0.296 e. The first-order valence-corrected chi connectivity index (χ1v) is 6.06. The highest BCUT2D eigenvalue weighted by molar-refractivity contribution is 6.05. The van der Waals surface area contributed by atoms with Crippen molar-refractivity contribution in [2.24, 2.45) is 0 Å². The van der Waals surface area contributed by atoms with Crippen molar-refractivity contribution in [3.05, 3.63) is 39.5 Å². The molecule has 2 N–H and O–H groups in total. The van der Waals surface area contributed by atoms with Gasteiger partial charge in [-0.15, -0.1) is 0 Å². The fourth-order valence-corrected chi connectivity index (χ4v) is 1.79. The van der Waals surface area contributed by atoms with Crippen molar-refractivity contribution in [2.45, 2.75) is 6.92 Å². The molecule has 0 aliphatic carbocycles. The average molecular weight is 277 g/mol. The number of nitro benzene ring substituents is 1. The van der Waals surface area contributed by atoms with Gasteiger partial charge in [-0.2, -0.15) is 0 Å². The average Bonchev–Trinajstić information content (AvgIpc) is 2.36. The van der Waals surface area contributed by atoms with Crippen molar-refractivity contribution in [1.82, 2.24) is 5.32 Å². The Bertz CT molecular complexity index is 589. The molecule has 1 aliphatic heterocycles. The van der Waals surface area contributed by atoms with Crippen LogP contribution in [0.5, 0.6) is 5.75 Å². The maximum absolute atomic E-state index is 12.0. The Kier molecular flexibility index (Phi) is 3.99. The van der Waals surface area contributed by atoms with E-state index < -0.39 is 4.92 Å². The largest absolute Gasteiger partial charge is 0.496 e. The first kappa shape index (κ1) is 14.0. The lowest BCUT2D eigenvalue weighted by atomic mass is 10.0. The van der Waals surface area contributed by atoms with Crippen LogP contribution in [0.25, 0.3) is 0 Å². The molecule has 0 radical (unpaired) electrons. The van der Waals surface area contributed by atoms with Gasteiger partial charge >= 0.3 is 0 Å². The van der Waals surface area contributed by atoms with Crippen LogP contribution >= 0.6 is 0 Å². The number of hydrogen-bond donors (Lipinski definition) is 2. The molecule has 106 valence electrons. The highest BCUT2D eigenvalue weighted by Gasteiger charge is 2.20. The lowest BCUT2D eigenvalue weighted by molar-refractivity contribution is -0.384. The van der Waals surface area contributed by atoms with E-state index in [-0.39, 0.29) is 17.3 Å². The number of nitro groups is 1. The van der Waals surface area contributed by atoms with E-state index >= 15 is 0 Å². The van der Waals surface area contributed by atoms with Gasteiger partial charge in [0.25, 0.3) is 11.6 Å². The zero-order chi connectivity index (χ0) is 14.7. The summed E-state index contributed by atoms with van der Waals surface area (Å²) < 4.78 is 4.94. The molecule has 0 spiro atoms. The molecule has 7 nitrogen and oxygen atoms in total. The fourth-order valence-electron chi connectivity index (χ4n) is 1.79. The third-order valence-electron chi connectivity index (χ3n) is 3.20. The molecule has 0 atom stereocenters. The summed E-state index contributed by atoms with van der Waals surface area (Å²) in [4.78, 5) is 22.5. The molecule has 0 aromatic heterocycles. The van der Waals surface area contributed by atoms with Gasteiger partial charge < -0.3 is 15.4 Å². The highest BCUT2D eigenvalue weighted by Crippen LogP contribution is 2.29. The van der Waals surface area contributed by atoms with Gasteiger partial charge in [0.2, 0.25) is 0 Å². The summed E-state index contributed by atoms with van der Waals surface area (Å²) in [6, 6.07) is 4.31. The molecule has 7 heteroatoms. The van der Waals surface area contributed by atoms with E-state index in [9.17, 15) is 14.9 Å². The standard InChI is InChI=1S/C13H15N3O4/c1-8(9-6-14-7-9)13(17)15-11-4-3-10(20-2)5-12(11)16(18)19/h3-5,14H,6-7H2,1-2H3,(H,15,17). The molecular formula is C13H15N3O4. The third-order valence-corrected chi connectivity index (χ3v) is 3.20. The second-order valence-electron chi connectivity index (χ2n) is 4.43. The van der Waals surface area contributed by atoms with Gasteiger partial charge in [0, 0.05) is 18.7 Å². The molecular weight excluding hydrogens is 262 g/mol. The third kappa shape index (κ3) is 2.77. The minimum absolute atomic E-state index is 0.160. The van der Waals surface area contributed by atoms with Crippen LogP contribution in [-0.2, 0) is 4.79 Å². The van der Waals surface area contributed by atoms with Crippen LogP contribution in [-0.4, -0.2) is 31.0 Å². The molecule has 1 fully saturated rings. The first-order chi connectivity index (χ1) is 9.52. The van der Waals surface area contributed by atoms with E-state index in [4.69, 9.17) is 4.74 Å². The number of methoxy groups -OCH3 is 1. The van der Waals surface area contributed by atoms with Crippen molar-refractivity contribution >= 4 is 17.3 Å². The normalized spacial score (nSPS) is 13.4. The minimum atomic E-state index is -0.550. The molecule has 2 rings (SSSR count). The smallest absolute Gasteiger partial charge is 0.296 e. The van der Waals surface area contributed by atoms with Gasteiger partial charge in [-0.1, -0.05) is 0 Å². The molecule has 0 bridgehead atoms. The van der Waals surface area contributed by atoms with E-state index in [0.29, 0.717) is 24.4 Å². The van der Waals surface area contributed by atoms with Crippen LogP contribution in [0.1, 0.15) is 6.92 Å². The second kappa shape index (κ2) is 5.70. The topological polar surface area (TPSA) is 93.5 Å². The Morgan fingerprint density at radius 3 is 2.65 bits per heavy atom. The number of anilines is 1. The predicted molar refractivity (Wildman–Crippen MR) is 73.8 cm³/mol. The fraction of sp³-hybridized carbons (Fsp3) is 0.308. The molecule has 1 aliphatic rings. The zero-order valence-corrected chi connectivity index (χ0v) is 11.2. The van der Waals surface area contributed by atoms with Gasteiger partial charge in [0.05, 0.1) is 18.1 Å². The lowest BCUT2D eigenvalue weighted by Crippen LogP contribution is -2.36. The Hall–Kier alpha value is -2.41. The summed E-state index contributed by atoms with van der Waals surface area (Å²) in [6.45, 7) is 3.08. The number of ether oxygens (including phenoxy) is 1. The van der Waals surface area contributed by atoms with Crippen LogP contribution in [0.2, 0.25) is 0 Å². The lowest BCUT2D eigenvalue weighted by Gasteiger charge is -2.21. The second-order valence-corrected chi connectivity index (χ2v) is 4.43. The Labute approximate surface area is 115 Å². The number of hydrogen-bond acceptors (Lipinski definition) is 5. The summed E-state index contributed by atoms with van der Waals surface area (Å²) in [6.07, 6.45) is 0. The van der Waals surface area contributed by atoms with Crippen molar-refractivity contribution < 1.29 is 14.5 Å². The molecule has 1 heterocycles.